The number of anilines is 1. The van der Waals surface area contributed by atoms with Gasteiger partial charge >= 0.3 is 0 Å². The zero-order valence-corrected chi connectivity index (χ0v) is 9.93. The van der Waals surface area contributed by atoms with E-state index >= 15 is 0 Å². The van der Waals surface area contributed by atoms with Gasteiger partial charge in [-0.15, -0.1) is 0 Å². The number of fused-ring (bicyclic) bond motifs is 1. The van der Waals surface area contributed by atoms with Crippen LogP contribution in [0.5, 0.6) is 0 Å². The van der Waals surface area contributed by atoms with Crippen molar-refractivity contribution in [3.63, 3.8) is 0 Å². The van der Waals surface area contributed by atoms with Crippen LogP contribution in [0.4, 0.5) is 5.69 Å². The van der Waals surface area contributed by atoms with E-state index in [0.29, 0.717) is 21.7 Å². The maximum Gasteiger partial charge on any atom is 0.250 e. The van der Waals surface area contributed by atoms with Gasteiger partial charge < -0.3 is 10.1 Å². The summed E-state index contributed by atoms with van der Waals surface area (Å²) < 4.78 is 12.9. The molecule has 0 atom stereocenters. The Bertz CT molecular complexity index is 528. The number of carbonyl (C=O) groups excluding carboxylic acids is 1. The molecular weight excluding hydrogens is 250 g/mol. The van der Waals surface area contributed by atoms with Crippen LogP contribution in [0.3, 0.4) is 0 Å². The molecule has 0 unspecified atom stereocenters. The first-order valence-electron chi connectivity index (χ1n) is 4.42. The van der Waals surface area contributed by atoms with Crippen molar-refractivity contribution in [1.82, 2.24) is 8.75 Å². The number of halogens is 1. The lowest BCUT2D eigenvalue weighted by atomic mass is 10.2. The lowest BCUT2D eigenvalue weighted by molar-refractivity contribution is -0.119. The quantitative estimate of drug-likeness (QED) is 0.913. The Labute approximate surface area is 101 Å². The van der Waals surface area contributed by atoms with Gasteiger partial charge in [0.2, 0.25) is 5.91 Å². The van der Waals surface area contributed by atoms with Crippen molar-refractivity contribution >= 4 is 46.0 Å². The average molecular weight is 258 g/mol. The van der Waals surface area contributed by atoms with E-state index in [9.17, 15) is 4.79 Å². The van der Waals surface area contributed by atoms with E-state index in [0.717, 1.165) is 11.7 Å². The van der Waals surface area contributed by atoms with Crippen molar-refractivity contribution in [1.29, 1.82) is 0 Å². The van der Waals surface area contributed by atoms with Gasteiger partial charge in [0.25, 0.3) is 0 Å². The second-order valence-electron chi connectivity index (χ2n) is 3.04. The van der Waals surface area contributed by atoms with E-state index in [4.69, 9.17) is 16.3 Å². The van der Waals surface area contributed by atoms with Gasteiger partial charge in [-0.1, -0.05) is 11.6 Å². The topological polar surface area (TPSA) is 64.1 Å². The highest BCUT2D eigenvalue weighted by Gasteiger charge is 2.12. The molecule has 0 radical (unpaired) electrons. The molecule has 2 rings (SSSR count). The minimum Gasteiger partial charge on any atom is -0.375 e. The van der Waals surface area contributed by atoms with Crippen LogP contribution < -0.4 is 5.32 Å². The van der Waals surface area contributed by atoms with Crippen LogP contribution in [0.2, 0.25) is 5.02 Å². The molecule has 0 aliphatic rings. The van der Waals surface area contributed by atoms with E-state index < -0.39 is 0 Å². The first kappa shape index (κ1) is 11.3. The number of carbonyl (C=O) groups is 1. The summed E-state index contributed by atoms with van der Waals surface area (Å²) in [7, 11) is 1.45. The number of rotatable bonds is 3. The van der Waals surface area contributed by atoms with Crippen LogP contribution in [0.1, 0.15) is 0 Å². The molecule has 16 heavy (non-hydrogen) atoms. The molecule has 0 spiro atoms. The standard InChI is InChI=1S/C9H8ClN3O2S/c1-15-4-7(14)11-8-5(10)2-3-6-9(8)13-16-12-6/h2-3H,4H2,1H3,(H,11,14). The molecule has 1 aromatic carbocycles. The van der Waals surface area contributed by atoms with Gasteiger partial charge in [-0.2, -0.15) is 8.75 Å². The van der Waals surface area contributed by atoms with Crippen LogP contribution in [-0.4, -0.2) is 28.4 Å². The Morgan fingerprint density at radius 3 is 3.12 bits per heavy atom. The Balaban J connectivity index is 2.38. The van der Waals surface area contributed by atoms with Gasteiger partial charge in [0.1, 0.15) is 17.6 Å². The van der Waals surface area contributed by atoms with E-state index in [-0.39, 0.29) is 12.5 Å². The van der Waals surface area contributed by atoms with Gasteiger partial charge in [-0.3, -0.25) is 4.79 Å². The number of nitrogens with zero attached hydrogens (tertiary/aromatic N) is 2. The molecule has 0 saturated heterocycles. The zero-order valence-electron chi connectivity index (χ0n) is 8.36. The molecule has 0 fully saturated rings. The van der Waals surface area contributed by atoms with Crippen molar-refractivity contribution in [2.24, 2.45) is 0 Å². The third-order valence-corrected chi connectivity index (χ3v) is 2.77. The fourth-order valence-electron chi connectivity index (χ4n) is 1.25. The summed E-state index contributed by atoms with van der Waals surface area (Å²) in [6.07, 6.45) is 0. The number of hydrogen-bond donors (Lipinski definition) is 1. The number of hydrogen-bond acceptors (Lipinski definition) is 5. The predicted molar refractivity (Wildman–Crippen MR) is 62.9 cm³/mol. The third-order valence-electron chi connectivity index (χ3n) is 1.92. The SMILES string of the molecule is COCC(=O)Nc1c(Cl)ccc2nsnc12. The van der Waals surface area contributed by atoms with E-state index in [2.05, 4.69) is 14.1 Å². The van der Waals surface area contributed by atoms with Crippen molar-refractivity contribution in [2.45, 2.75) is 0 Å². The summed E-state index contributed by atoms with van der Waals surface area (Å²) in [5.41, 5.74) is 1.79. The highest BCUT2D eigenvalue weighted by atomic mass is 35.5. The Morgan fingerprint density at radius 1 is 1.56 bits per heavy atom. The summed E-state index contributed by atoms with van der Waals surface area (Å²) in [6.45, 7) is -0.0235. The van der Waals surface area contributed by atoms with Gasteiger partial charge in [-0.05, 0) is 12.1 Å². The lowest BCUT2D eigenvalue weighted by Crippen LogP contribution is -2.17. The fourth-order valence-corrected chi connectivity index (χ4v) is 1.99. The van der Waals surface area contributed by atoms with Gasteiger partial charge in [-0.25, -0.2) is 0 Å². The highest BCUT2D eigenvalue weighted by molar-refractivity contribution is 7.00. The van der Waals surface area contributed by atoms with E-state index in [1.54, 1.807) is 12.1 Å². The zero-order chi connectivity index (χ0) is 11.5. The van der Waals surface area contributed by atoms with Crippen LogP contribution >= 0.6 is 23.3 Å². The van der Waals surface area contributed by atoms with Crippen LogP contribution in [0.25, 0.3) is 11.0 Å². The molecule has 2 aromatic rings. The Morgan fingerprint density at radius 2 is 2.38 bits per heavy atom. The van der Waals surface area contributed by atoms with E-state index in [1.807, 2.05) is 0 Å². The number of nitrogens with one attached hydrogen (secondary N) is 1. The summed E-state index contributed by atoms with van der Waals surface area (Å²) in [5.74, 6) is -0.273. The van der Waals surface area contributed by atoms with Crippen LogP contribution in [-0.2, 0) is 9.53 Å². The molecule has 0 saturated carbocycles. The number of aromatic nitrogens is 2. The van der Waals surface area contributed by atoms with Crippen molar-refractivity contribution < 1.29 is 9.53 Å². The van der Waals surface area contributed by atoms with Crippen molar-refractivity contribution in [3.8, 4) is 0 Å². The molecule has 0 aliphatic carbocycles. The highest BCUT2D eigenvalue weighted by Crippen LogP contribution is 2.29. The third kappa shape index (κ3) is 2.13. The monoisotopic (exact) mass is 257 g/mol. The van der Waals surface area contributed by atoms with Gasteiger partial charge in [0, 0.05) is 7.11 Å². The second kappa shape index (κ2) is 4.73. The van der Waals surface area contributed by atoms with Crippen molar-refractivity contribution in [2.75, 3.05) is 19.0 Å². The Kier molecular flexibility index (Phi) is 3.33. The maximum absolute atomic E-state index is 11.4. The molecule has 1 amide bonds. The largest absolute Gasteiger partial charge is 0.375 e. The number of amides is 1. The summed E-state index contributed by atoms with van der Waals surface area (Å²) in [4.78, 5) is 11.4. The molecule has 1 N–H and O–H groups in total. The van der Waals surface area contributed by atoms with Crippen molar-refractivity contribution in [3.05, 3.63) is 17.2 Å². The molecule has 0 aliphatic heterocycles. The first-order valence-corrected chi connectivity index (χ1v) is 5.52. The molecule has 7 heteroatoms. The summed E-state index contributed by atoms with van der Waals surface area (Å²) >= 11 is 7.06. The van der Waals surface area contributed by atoms with Gasteiger partial charge in [0.15, 0.2) is 0 Å². The van der Waals surface area contributed by atoms with Crippen LogP contribution in [0.15, 0.2) is 12.1 Å². The minimum absolute atomic E-state index is 0.0235. The normalized spacial score (nSPS) is 10.6. The molecule has 1 aromatic heterocycles. The summed E-state index contributed by atoms with van der Waals surface area (Å²) in [5, 5.41) is 3.08. The van der Waals surface area contributed by atoms with E-state index in [1.165, 1.54) is 7.11 Å². The van der Waals surface area contributed by atoms with Gasteiger partial charge in [0.05, 0.1) is 22.4 Å². The number of methoxy groups -OCH3 is 1. The molecule has 5 nitrogen and oxygen atoms in total. The maximum atomic E-state index is 11.4. The molecular formula is C9H8ClN3O2S. The fraction of sp³-hybridized carbons (Fsp3) is 0.222. The minimum atomic E-state index is -0.273. The Hall–Kier alpha value is -1.24. The number of benzene rings is 1. The second-order valence-corrected chi connectivity index (χ2v) is 3.97. The predicted octanol–water partition coefficient (Wildman–Crippen LogP) is 1.93. The smallest absolute Gasteiger partial charge is 0.250 e. The molecule has 1 heterocycles. The average Bonchev–Trinajstić information content (AvgIpc) is 2.71. The van der Waals surface area contributed by atoms with Crippen LogP contribution in [0, 0.1) is 0 Å². The molecule has 84 valence electrons. The first-order chi connectivity index (χ1) is 7.72. The molecule has 0 bridgehead atoms. The summed E-state index contributed by atoms with van der Waals surface area (Å²) in [6, 6.07) is 3.43. The number of ether oxygens (including phenoxy) is 1. The lowest BCUT2D eigenvalue weighted by Gasteiger charge is -2.06.